The van der Waals surface area contributed by atoms with Gasteiger partial charge in [-0.25, -0.2) is 0 Å². The number of ether oxygens (including phenoxy) is 1. The Balaban J connectivity index is 1.96. The molecular weight excluding hydrogens is 390 g/mol. The molecule has 5 nitrogen and oxygen atoms in total. The third kappa shape index (κ3) is 3.46. The molecule has 1 aliphatic rings. The van der Waals surface area contributed by atoms with E-state index in [2.05, 4.69) is 0 Å². The van der Waals surface area contributed by atoms with E-state index < -0.39 is 17.7 Å². The van der Waals surface area contributed by atoms with Crippen molar-refractivity contribution in [1.82, 2.24) is 4.90 Å². The van der Waals surface area contributed by atoms with E-state index in [9.17, 15) is 14.7 Å². The first-order chi connectivity index (χ1) is 15.0. The van der Waals surface area contributed by atoms with Crippen LogP contribution in [0.15, 0.2) is 66.2 Å². The first kappa shape index (κ1) is 20.7. The van der Waals surface area contributed by atoms with E-state index >= 15 is 0 Å². The Labute approximate surface area is 181 Å². The van der Waals surface area contributed by atoms with Gasteiger partial charge in [-0.05, 0) is 53.4 Å². The average Bonchev–Trinajstić information content (AvgIpc) is 3.03. The van der Waals surface area contributed by atoms with Crippen LogP contribution in [-0.2, 0) is 9.59 Å². The molecule has 3 aromatic rings. The molecule has 1 amide bonds. The molecule has 0 radical (unpaired) electrons. The Morgan fingerprint density at radius 1 is 1.06 bits per heavy atom. The maximum absolute atomic E-state index is 13.1. The van der Waals surface area contributed by atoms with Gasteiger partial charge in [-0.1, -0.05) is 49.4 Å². The zero-order chi connectivity index (χ0) is 22.1. The quantitative estimate of drug-likeness (QED) is 0.362. The molecule has 1 heterocycles. The summed E-state index contributed by atoms with van der Waals surface area (Å²) in [5, 5.41) is 13.2. The number of rotatable bonds is 5. The number of aliphatic hydroxyl groups is 1. The number of hydrogen-bond donors (Lipinski definition) is 1. The lowest BCUT2D eigenvalue weighted by atomic mass is 9.91. The second-order valence-corrected chi connectivity index (χ2v) is 7.75. The van der Waals surface area contributed by atoms with Gasteiger partial charge in [0.15, 0.2) is 0 Å². The Bertz CT molecular complexity index is 1210. The summed E-state index contributed by atoms with van der Waals surface area (Å²) in [5.74, 6) is -0.710. The first-order valence-electron chi connectivity index (χ1n) is 10.4. The van der Waals surface area contributed by atoms with Crippen molar-refractivity contribution in [3.05, 3.63) is 82.9 Å². The number of methoxy groups -OCH3 is 1. The van der Waals surface area contributed by atoms with E-state index in [0.717, 1.165) is 21.9 Å². The topological polar surface area (TPSA) is 66.8 Å². The SMILES string of the molecule is CCCN1C(=O)C(=O)/C(=C(\O)c2ccc(OC)c(C)c2)C1c1cccc2ccccc12. The molecule has 1 atom stereocenters. The van der Waals surface area contributed by atoms with E-state index in [1.807, 2.05) is 56.3 Å². The number of carbonyl (C=O) groups excluding carboxylic acids is 2. The second kappa shape index (κ2) is 8.26. The highest BCUT2D eigenvalue weighted by Crippen LogP contribution is 2.42. The summed E-state index contributed by atoms with van der Waals surface area (Å²) in [4.78, 5) is 27.6. The van der Waals surface area contributed by atoms with E-state index in [0.29, 0.717) is 24.3 Å². The molecule has 5 heteroatoms. The lowest BCUT2D eigenvalue weighted by molar-refractivity contribution is -0.139. The van der Waals surface area contributed by atoms with Gasteiger partial charge in [-0.2, -0.15) is 0 Å². The van der Waals surface area contributed by atoms with Crippen LogP contribution in [0.4, 0.5) is 0 Å². The second-order valence-electron chi connectivity index (χ2n) is 7.75. The number of ketones is 1. The van der Waals surface area contributed by atoms with Crippen LogP contribution in [-0.4, -0.2) is 35.4 Å². The minimum absolute atomic E-state index is 0.124. The van der Waals surface area contributed by atoms with Gasteiger partial charge < -0.3 is 14.7 Å². The lowest BCUT2D eigenvalue weighted by Gasteiger charge is -2.26. The van der Waals surface area contributed by atoms with Gasteiger partial charge >= 0.3 is 0 Å². The van der Waals surface area contributed by atoms with Gasteiger partial charge in [0.1, 0.15) is 11.5 Å². The molecule has 31 heavy (non-hydrogen) atoms. The van der Waals surface area contributed by atoms with Crippen molar-refractivity contribution in [2.45, 2.75) is 26.3 Å². The van der Waals surface area contributed by atoms with Gasteiger partial charge in [-0.15, -0.1) is 0 Å². The van der Waals surface area contributed by atoms with Crippen LogP contribution >= 0.6 is 0 Å². The predicted molar refractivity (Wildman–Crippen MR) is 121 cm³/mol. The van der Waals surface area contributed by atoms with E-state index in [4.69, 9.17) is 4.74 Å². The molecule has 0 aliphatic carbocycles. The van der Waals surface area contributed by atoms with Crippen LogP contribution in [0.25, 0.3) is 16.5 Å². The molecule has 0 bridgehead atoms. The van der Waals surface area contributed by atoms with E-state index in [1.54, 1.807) is 30.2 Å². The summed E-state index contributed by atoms with van der Waals surface area (Å²) in [7, 11) is 1.58. The fraction of sp³-hybridized carbons (Fsp3) is 0.231. The van der Waals surface area contributed by atoms with Crippen LogP contribution in [0.5, 0.6) is 5.75 Å². The molecular formula is C26H25NO4. The number of likely N-dealkylation sites (tertiary alicyclic amines) is 1. The zero-order valence-electron chi connectivity index (χ0n) is 17.9. The molecule has 3 aromatic carbocycles. The smallest absolute Gasteiger partial charge is 0.295 e. The fourth-order valence-corrected chi connectivity index (χ4v) is 4.35. The molecule has 158 valence electrons. The maximum Gasteiger partial charge on any atom is 0.295 e. The number of carbonyl (C=O) groups is 2. The highest BCUT2D eigenvalue weighted by atomic mass is 16.5. The number of aliphatic hydroxyl groups excluding tert-OH is 1. The lowest BCUT2D eigenvalue weighted by Crippen LogP contribution is -2.30. The van der Waals surface area contributed by atoms with Crippen LogP contribution in [0.2, 0.25) is 0 Å². The average molecular weight is 415 g/mol. The van der Waals surface area contributed by atoms with Crippen molar-refractivity contribution in [2.24, 2.45) is 0 Å². The molecule has 0 saturated carbocycles. The first-order valence-corrected chi connectivity index (χ1v) is 10.4. The molecule has 1 aliphatic heterocycles. The summed E-state index contributed by atoms with van der Waals surface area (Å²) in [5.41, 5.74) is 2.27. The summed E-state index contributed by atoms with van der Waals surface area (Å²) in [6.07, 6.45) is 0.704. The molecule has 0 aromatic heterocycles. The summed E-state index contributed by atoms with van der Waals surface area (Å²) in [6.45, 7) is 4.26. The number of aryl methyl sites for hydroxylation is 1. The standard InChI is InChI=1S/C26H25NO4/c1-4-14-27-23(20-11-7-9-17-8-5-6-10-19(17)20)22(25(29)26(27)30)24(28)18-12-13-21(31-3)16(2)15-18/h5-13,15,23,28H,4,14H2,1-3H3/b24-22-. The van der Waals surface area contributed by atoms with Crippen LogP contribution in [0, 0.1) is 6.92 Å². The van der Waals surface area contributed by atoms with Crippen molar-refractivity contribution >= 4 is 28.2 Å². The third-order valence-electron chi connectivity index (χ3n) is 5.79. The zero-order valence-corrected chi connectivity index (χ0v) is 17.9. The monoisotopic (exact) mass is 415 g/mol. The van der Waals surface area contributed by atoms with Crippen LogP contribution < -0.4 is 4.74 Å². The van der Waals surface area contributed by atoms with Gasteiger partial charge in [0.25, 0.3) is 11.7 Å². The molecule has 1 saturated heterocycles. The Morgan fingerprint density at radius 2 is 1.81 bits per heavy atom. The molecule has 1 N–H and O–H groups in total. The normalized spacial score (nSPS) is 18.0. The van der Waals surface area contributed by atoms with Crippen molar-refractivity contribution in [2.75, 3.05) is 13.7 Å². The van der Waals surface area contributed by atoms with Crippen molar-refractivity contribution in [3.8, 4) is 5.75 Å². The highest BCUT2D eigenvalue weighted by Gasteiger charge is 2.46. The predicted octanol–water partition coefficient (Wildman–Crippen LogP) is 4.99. The van der Waals surface area contributed by atoms with Crippen LogP contribution in [0.3, 0.4) is 0 Å². The van der Waals surface area contributed by atoms with Gasteiger partial charge in [0.2, 0.25) is 0 Å². The van der Waals surface area contributed by atoms with E-state index in [-0.39, 0.29) is 11.3 Å². The summed E-state index contributed by atoms with van der Waals surface area (Å²) in [6, 6.07) is 18.3. The van der Waals surface area contributed by atoms with E-state index in [1.165, 1.54) is 0 Å². The summed E-state index contributed by atoms with van der Waals surface area (Å²) < 4.78 is 5.30. The Morgan fingerprint density at radius 3 is 2.52 bits per heavy atom. The van der Waals surface area contributed by atoms with Crippen molar-refractivity contribution < 1.29 is 19.4 Å². The van der Waals surface area contributed by atoms with Gasteiger partial charge in [-0.3, -0.25) is 9.59 Å². The Hall–Kier alpha value is -3.60. The van der Waals surface area contributed by atoms with Crippen molar-refractivity contribution in [3.63, 3.8) is 0 Å². The maximum atomic E-state index is 13.1. The van der Waals surface area contributed by atoms with Gasteiger partial charge in [0.05, 0.1) is 18.7 Å². The number of nitrogens with zero attached hydrogens (tertiary/aromatic N) is 1. The van der Waals surface area contributed by atoms with Gasteiger partial charge in [0, 0.05) is 12.1 Å². The number of Topliss-reactive ketones (excluding diaryl/α,β-unsaturated/α-hetero) is 1. The number of amides is 1. The third-order valence-corrected chi connectivity index (χ3v) is 5.79. The number of benzene rings is 3. The molecule has 0 spiro atoms. The fourth-order valence-electron chi connectivity index (χ4n) is 4.35. The number of hydrogen-bond acceptors (Lipinski definition) is 4. The highest BCUT2D eigenvalue weighted by molar-refractivity contribution is 6.46. The largest absolute Gasteiger partial charge is 0.507 e. The molecule has 4 rings (SSSR count). The minimum atomic E-state index is -0.655. The Kier molecular flexibility index (Phi) is 5.51. The van der Waals surface area contributed by atoms with Crippen LogP contribution in [0.1, 0.15) is 36.1 Å². The molecule has 1 unspecified atom stereocenters. The summed E-state index contributed by atoms with van der Waals surface area (Å²) >= 11 is 0. The number of fused-ring (bicyclic) bond motifs is 1. The van der Waals surface area contributed by atoms with Crippen molar-refractivity contribution in [1.29, 1.82) is 0 Å². The minimum Gasteiger partial charge on any atom is -0.507 e. The molecule has 1 fully saturated rings.